The molecular weight excluding hydrogens is 254 g/mol. The van der Waals surface area contributed by atoms with Crippen LogP contribution in [0.15, 0.2) is 12.1 Å². The van der Waals surface area contributed by atoms with E-state index in [2.05, 4.69) is 0 Å². The summed E-state index contributed by atoms with van der Waals surface area (Å²) in [5, 5.41) is 17.7. The molecule has 0 amide bonds. The molecule has 2 atom stereocenters. The number of anilines is 1. The molecule has 0 saturated carbocycles. The summed E-state index contributed by atoms with van der Waals surface area (Å²) in [6, 6.07) is 4.10. The number of aliphatic hydroxyl groups is 1. The Morgan fingerprint density at radius 2 is 2.21 bits per heavy atom. The number of benzene rings is 1. The van der Waals surface area contributed by atoms with Crippen molar-refractivity contribution in [3.05, 3.63) is 29.3 Å². The van der Waals surface area contributed by atoms with Crippen LogP contribution in [0.3, 0.4) is 0 Å². The van der Waals surface area contributed by atoms with Crippen molar-refractivity contribution >= 4 is 5.69 Å². The monoisotopic (exact) mass is 268 g/mol. The zero-order chi connectivity index (χ0) is 14.0. The Balaban J connectivity index is 2.35. The van der Waals surface area contributed by atoms with E-state index < -0.39 is 17.7 Å². The van der Waals surface area contributed by atoms with E-state index >= 15 is 0 Å². The number of nitrogens with zero attached hydrogens (tertiary/aromatic N) is 2. The van der Waals surface area contributed by atoms with Gasteiger partial charge >= 0.3 is 0 Å². The fourth-order valence-corrected chi connectivity index (χ4v) is 2.11. The van der Waals surface area contributed by atoms with Gasteiger partial charge in [-0.1, -0.05) is 0 Å². The zero-order valence-corrected chi connectivity index (χ0v) is 10.4. The third-order valence-corrected chi connectivity index (χ3v) is 3.20. The number of ether oxygens (including phenoxy) is 1. The highest BCUT2D eigenvalue weighted by atomic mass is 19.2. The van der Waals surface area contributed by atoms with E-state index in [4.69, 9.17) is 15.1 Å². The van der Waals surface area contributed by atoms with Crippen LogP contribution >= 0.6 is 0 Å². The van der Waals surface area contributed by atoms with Crippen LogP contribution in [0.1, 0.15) is 12.5 Å². The molecule has 1 aromatic rings. The van der Waals surface area contributed by atoms with Crippen LogP contribution in [0.4, 0.5) is 14.5 Å². The standard InChI is InChI=1S/C13H14F2N2O2/c1-8-7-19-10(6-18)5-17(8)11-3-2-9(4-16)12(14)13(11)15/h2-3,8,10,18H,5-7H2,1H3. The summed E-state index contributed by atoms with van der Waals surface area (Å²) in [5.41, 5.74) is -0.230. The predicted molar refractivity (Wildman–Crippen MR) is 64.7 cm³/mol. The highest BCUT2D eigenvalue weighted by Crippen LogP contribution is 2.27. The SMILES string of the molecule is CC1COC(CO)CN1c1ccc(C#N)c(F)c1F. The molecule has 1 aromatic carbocycles. The maximum absolute atomic E-state index is 14.0. The van der Waals surface area contributed by atoms with Crippen LogP contribution < -0.4 is 4.90 Å². The number of hydrogen-bond acceptors (Lipinski definition) is 4. The molecule has 0 bridgehead atoms. The molecule has 1 N–H and O–H groups in total. The van der Waals surface area contributed by atoms with Crippen molar-refractivity contribution in [2.24, 2.45) is 0 Å². The molecule has 6 heteroatoms. The van der Waals surface area contributed by atoms with E-state index in [0.29, 0.717) is 6.61 Å². The first-order valence-electron chi connectivity index (χ1n) is 5.95. The first-order valence-corrected chi connectivity index (χ1v) is 5.95. The summed E-state index contributed by atoms with van der Waals surface area (Å²) >= 11 is 0. The molecule has 0 spiro atoms. The Morgan fingerprint density at radius 1 is 1.47 bits per heavy atom. The van der Waals surface area contributed by atoms with Gasteiger partial charge in [0.25, 0.3) is 0 Å². The van der Waals surface area contributed by atoms with Gasteiger partial charge in [-0.2, -0.15) is 5.26 Å². The summed E-state index contributed by atoms with van der Waals surface area (Å²) in [4.78, 5) is 1.64. The highest BCUT2D eigenvalue weighted by molar-refractivity contribution is 5.53. The lowest BCUT2D eigenvalue weighted by Gasteiger charge is -2.39. The van der Waals surface area contributed by atoms with Crippen LogP contribution in [0.2, 0.25) is 0 Å². The average Bonchev–Trinajstić information content (AvgIpc) is 2.43. The lowest BCUT2D eigenvalue weighted by atomic mass is 10.1. The van der Waals surface area contributed by atoms with E-state index in [9.17, 15) is 8.78 Å². The van der Waals surface area contributed by atoms with Gasteiger partial charge in [0.1, 0.15) is 6.07 Å². The minimum atomic E-state index is -1.14. The van der Waals surface area contributed by atoms with Crippen molar-refractivity contribution in [1.82, 2.24) is 0 Å². The fraction of sp³-hybridized carbons (Fsp3) is 0.462. The van der Waals surface area contributed by atoms with Gasteiger partial charge in [0, 0.05) is 12.6 Å². The van der Waals surface area contributed by atoms with Gasteiger partial charge < -0.3 is 14.7 Å². The quantitative estimate of drug-likeness (QED) is 0.881. The maximum Gasteiger partial charge on any atom is 0.183 e. The molecule has 0 aliphatic carbocycles. The van der Waals surface area contributed by atoms with Gasteiger partial charge in [-0.3, -0.25) is 0 Å². The second kappa shape index (κ2) is 5.51. The summed E-state index contributed by atoms with van der Waals surface area (Å²) in [6.07, 6.45) is -0.422. The number of hydrogen-bond donors (Lipinski definition) is 1. The molecule has 0 aromatic heterocycles. The van der Waals surface area contributed by atoms with Crippen molar-refractivity contribution in [2.75, 3.05) is 24.7 Å². The Bertz CT molecular complexity index is 516. The molecule has 1 saturated heterocycles. The second-order valence-corrected chi connectivity index (χ2v) is 4.51. The Morgan fingerprint density at radius 3 is 2.84 bits per heavy atom. The van der Waals surface area contributed by atoms with Crippen LogP contribution in [-0.4, -0.2) is 37.0 Å². The Labute approximate surface area is 109 Å². The number of morpholine rings is 1. The van der Waals surface area contributed by atoms with Crippen molar-refractivity contribution in [1.29, 1.82) is 5.26 Å². The van der Waals surface area contributed by atoms with Crippen molar-refractivity contribution < 1.29 is 18.6 Å². The van der Waals surface area contributed by atoms with E-state index in [1.54, 1.807) is 11.0 Å². The molecule has 2 rings (SSSR count). The topological polar surface area (TPSA) is 56.5 Å². The fourth-order valence-electron chi connectivity index (χ4n) is 2.11. The van der Waals surface area contributed by atoms with Crippen LogP contribution in [0.25, 0.3) is 0 Å². The third-order valence-electron chi connectivity index (χ3n) is 3.20. The zero-order valence-electron chi connectivity index (χ0n) is 10.4. The predicted octanol–water partition coefficient (Wildman–Crippen LogP) is 1.42. The first-order chi connectivity index (χ1) is 9.08. The summed E-state index contributed by atoms with van der Waals surface area (Å²) in [7, 11) is 0. The van der Waals surface area contributed by atoms with E-state index in [-0.39, 0.29) is 30.4 Å². The van der Waals surface area contributed by atoms with Crippen molar-refractivity contribution in [3.63, 3.8) is 0 Å². The average molecular weight is 268 g/mol. The van der Waals surface area contributed by atoms with Gasteiger partial charge in [0.05, 0.1) is 30.6 Å². The maximum atomic E-state index is 14.0. The minimum absolute atomic E-state index is 0.0887. The van der Waals surface area contributed by atoms with Crippen LogP contribution in [-0.2, 0) is 4.74 Å². The molecule has 1 heterocycles. The van der Waals surface area contributed by atoms with Crippen molar-refractivity contribution in [2.45, 2.75) is 19.1 Å². The van der Waals surface area contributed by atoms with Gasteiger partial charge in [0.2, 0.25) is 0 Å². The molecule has 1 fully saturated rings. The Hall–Kier alpha value is -1.71. The normalized spacial score (nSPS) is 23.2. The molecule has 19 heavy (non-hydrogen) atoms. The Kier molecular flexibility index (Phi) is 3.98. The molecular formula is C13H14F2N2O2. The third kappa shape index (κ3) is 2.53. The van der Waals surface area contributed by atoms with Gasteiger partial charge in [-0.25, -0.2) is 8.78 Å². The summed E-state index contributed by atoms with van der Waals surface area (Å²) in [5.74, 6) is -2.18. The molecule has 1 aliphatic rings. The molecule has 1 aliphatic heterocycles. The second-order valence-electron chi connectivity index (χ2n) is 4.51. The lowest BCUT2D eigenvalue weighted by Crippen LogP contribution is -2.50. The lowest BCUT2D eigenvalue weighted by molar-refractivity contribution is -0.0105. The summed E-state index contributed by atoms with van der Waals surface area (Å²) in [6.45, 7) is 2.25. The number of nitriles is 1. The number of rotatable bonds is 2. The van der Waals surface area contributed by atoms with Crippen molar-refractivity contribution in [3.8, 4) is 6.07 Å². The molecule has 102 valence electrons. The minimum Gasteiger partial charge on any atom is -0.394 e. The largest absolute Gasteiger partial charge is 0.394 e. The van der Waals surface area contributed by atoms with E-state index in [1.165, 1.54) is 12.1 Å². The van der Waals surface area contributed by atoms with Gasteiger partial charge in [0.15, 0.2) is 11.6 Å². The smallest absolute Gasteiger partial charge is 0.183 e. The van der Waals surface area contributed by atoms with Gasteiger partial charge in [-0.05, 0) is 19.1 Å². The highest BCUT2D eigenvalue weighted by Gasteiger charge is 2.29. The molecule has 2 unspecified atom stereocenters. The molecule has 0 radical (unpaired) electrons. The van der Waals surface area contributed by atoms with E-state index in [1.807, 2.05) is 6.92 Å². The van der Waals surface area contributed by atoms with Crippen LogP contribution in [0, 0.1) is 23.0 Å². The number of halogens is 2. The first kappa shape index (κ1) is 13.7. The van der Waals surface area contributed by atoms with E-state index in [0.717, 1.165) is 0 Å². The molecule has 4 nitrogen and oxygen atoms in total. The van der Waals surface area contributed by atoms with Crippen LogP contribution in [0.5, 0.6) is 0 Å². The number of aliphatic hydroxyl groups excluding tert-OH is 1. The van der Waals surface area contributed by atoms with Gasteiger partial charge in [-0.15, -0.1) is 0 Å². The summed E-state index contributed by atoms with van der Waals surface area (Å²) < 4.78 is 32.9.